The fourth-order valence-electron chi connectivity index (χ4n) is 1.71. The van der Waals surface area contributed by atoms with Crippen molar-refractivity contribution in [3.8, 4) is 10.8 Å². The van der Waals surface area contributed by atoms with E-state index in [9.17, 15) is 0 Å². The quantitative estimate of drug-likeness (QED) is 0.918. The molecule has 17 heavy (non-hydrogen) atoms. The highest BCUT2D eigenvalue weighted by Gasteiger charge is 2.20. The summed E-state index contributed by atoms with van der Waals surface area (Å²) in [6, 6.07) is 0. The lowest BCUT2D eigenvalue weighted by Gasteiger charge is -2.07. The maximum atomic E-state index is 5.88. The maximum absolute atomic E-state index is 5.88. The first-order valence-electron chi connectivity index (χ1n) is 5.05. The molecule has 2 aromatic rings. The van der Waals surface area contributed by atoms with Gasteiger partial charge in [0.2, 0.25) is 0 Å². The number of hydrogen-bond acceptors (Lipinski definition) is 6. The molecule has 4 nitrogen and oxygen atoms in total. The van der Waals surface area contributed by atoms with Crippen molar-refractivity contribution < 1.29 is 0 Å². The average molecular weight is 285 g/mol. The smallest absolute Gasteiger partial charge is 0.191 e. The zero-order chi connectivity index (χ0) is 11.8. The zero-order valence-electron chi connectivity index (χ0n) is 9.03. The second kappa shape index (κ2) is 4.44. The van der Waals surface area contributed by atoms with Crippen LogP contribution in [0, 0.1) is 0 Å². The van der Waals surface area contributed by atoms with Crippen molar-refractivity contribution >= 4 is 40.5 Å². The van der Waals surface area contributed by atoms with Gasteiger partial charge in [-0.25, -0.2) is 15.0 Å². The minimum absolute atomic E-state index is 0.657. The first-order valence-corrected chi connectivity index (χ1v) is 7.40. The van der Waals surface area contributed by atoms with E-state index in [1.165, 1.54) is 16.9 Å². The van der Waals surface area contributed by atoms with Crippen molar-refractivity contribution in [1.29, 1.82) is 0 Å². The predicted molar refractivity (Wildman–Crippen MR) is 72.7 cm³/mol. The van der Waals surface area contributed by atoms with Crippen LogP contribution in [0.1, 0.15) is 11.3 Å². The van der Waals surface area contributed by atoms with Crippen LogP contribution in [0.4, 0.5) is 5.82 Å². The zero-order valence-corrected chi connectivity index (χ0v) is 11.4. The Labute approximate surface area is 112 Å². The van der Waals surface area contributed by atoms with E-state index in [4.69, 9.17) is 11.6 Å². The molecule has 0 bridgehead atoms. The number of thioether (sulfide) groups is 1. The number of hydrogen-bond donors (Lipinski definition) is 1. The van der Waals surface area contributed by atoms with E-state index >= 15 is 0 Å². The summed E-state index contributed by atoms with van der Waals surface area (Å²) in [4.78, 5) is 13.3. The number of anilines is 1. The lowest BCUT2D eigenvalue weighted by Crippen LogP contribution is -2.03. The summed E-state index contributed by atoms with van der Waals surface area (Å²) < 4.78 is 0.657. The van der Waals surface area contributed by atoms with Gasteiger partial charge in [-0.2, -0.15) is 11.8 Å². The lowest BCUT2D eigenvalue weighted by molar-refractivity contribution is 1.07. The third kappa shape index (κ3) is 2.00. The standard InChI is InChI=1S/C10H9ClN4S2/c1-12-8-5-3-16-4-6(5)14-9(15-8)10-13-2-7(11)17-10/h2H,3-4H2,1H3,(H,12,14,15). The van der Waals surface area contributed by atoms with Crippen molar-refractivity contribution in [2.24, 2.45) is 0 Å². The number of rotatable bonds is 2. The minimum atomic E-state index is 0.657. The first kappa shape index (κ1) is 11.3. The fourth-order valence-corrected chi connectivity index (χ4v) is 3.60. The van der Waals surface area contributed by atoms with Crippen LogP contribution in [0.5, 0.6) is 0 Å². The Bertz CT molecular complexity index is 569. The van der Waals surface area contributed by atoms with Gasteiger partial charge in [-0.3, -0.25) is 0 Å². The number of halogens is 1. The normalized spacial score (nSPS) is 13.8. The van der Waals surface area contributed by atoms with Crippen LogP contribution in [-0.2, 0) is 11.5 Å². The maximum Gasteiger partial charge on any atom is 0.191 e. The van der Waals surface area contributed by atoms with Gasteiger partial charge in [-0.15, -0.1) is 0 Å². The highest BCUT2D eigenvalue weighted by atomic mass is 35.5. The Morgan fingerprint density at radius 2 is 2.24 bits per heavy atom. The molecule has 88 valence electrons. The van der Waals surface area contributed by atoms with Gasteiger partial charge in [0, 0.05) is 24.1 Å². The fraction of sp³-hybridized carbons (Fsp3) is 0.300. The molecular formula is C10H9ClN4S2. The molecule has 1 N–H and O–H groups in total. The van der Waals surface area contributed by atoms with Gasteiger partial charge < -0.3 is 5.32 Å². The molecule has 0 radical (unpaired) electrons. The molecular weight excluding hydrogens is 276 g/mol. The molecule has 0 unspecified atom stereocenters. The Kier molecular flexibility index (Phi) is 2.94. The topological polar surface area (TPSA) is 50.7 Å². The van der Waals surface area contributed by atoms with Crippen LogP contribution in [0.25, 0.3) is 10.8 Å². The van der Waals surface area contributed by atoms with E-state index in [0.29, 0.717) is 10.2 Å². The van der Waals surface area contributed by atoms with E-state index < -0.39 is 0 Å². The van der Waals surface area contributed by atoms with Crippen molar-refractivity contribution in [2.45, 2.75) is 11.5 Å². The summed E-state index contributed by atoms with van der Waals surface area (Å²) >= 11 is 9.14. The molecule has 0 spiro atoms. The SMILES string of the molecule is CNc1nc(-c2ncc(Cl)s2)nc2c1CSC2. The van der Waals surface area contributed by atoms with Crippen molar-refractivity contribution in [3.63, 3.8) is 0 Å². The van der Waals surface area contributed by atoms with Gasteiger partial charge in [0.05, 0.1) is 11.9 Å². The minimum Gasteiger partial charge on any atom is -0.373 e. The highest BCUT2D eigenvalue weighted by Crippen LogP contribution is 2.35. The van der Waals surface area contributed by atoms with Crippen LogP contribution in [0.3, 0.4) is 0 Å². The summed E-state index contributed by atoms with van der Waals surface area (Å²) in [5.41, 5.74) is 2.32. The van der Waals surface area contributed by atoms with Gasteiger partial charge in [0.15, 0.2) is 10.8 Å². The van der Waals surface area contributed by atoms with E-state index in [2.05, 4.69) is 20.3 Å². The molecule has 1 aliphatic heterocycles. The molecule has 0 atom stereocenters. The largest absolute Gasteiger partial charge is 0.373 e. The Balaban J connectivity index is 2.12. The van der Waals surface area contributed by atoms with Crippen molar-refractivity contribution in [2.75, 3.05) is 12.4 Å². The molecule has 0 fully saturated rings. The summed E-state index contributed by atoms with van der Waals surface area (Å²) in [6.07, 6.45) is 1.63. The van der Waals surface area contributed by atoms with Gasteiger partial charge in [-0.1, -0.05) is 22.9 Å². The van der Waals surface area contributed by atoms with Crippen molar-refractivity contribution in [1.82, 2.24) is 15.0 Å². The number of nitrogens with zero attached hydrogens (tertiary/aromatic N) is 3. The summed E-state index contributed by atoms with van der Waals surface area (Å²) in [5.74, 6) is 3.48. The summed E-state index contributed by atoms with van der Waals surface area (Å²) in [7, 11) is 1.88. The second-order valence-electron chi connectivity index (χ2n) is 3.53. The van der Waals surface area contributed by atoms with Gasteiger partial charge in [0.1, 0.15) is 10.2 Å². The summed E-state index contributed by atoms with van der Waals surface area (Å²) in [6.45, 7) is 0. The molecule has 3 rings (SSSR count). The molecule has 0 saturated carbocycles. The first-order chi connectivity index (χ1) is 8.28. The van der Waals surface area contributed by atoms with Crippen LogP contribution < -0.4 is 5.32 Å². The highest BCUT2D eigenvalue weighted by molar-refractivity contribution is 7.98. The number of thiazole rings is 1. The molecule has 0 amide bonds. The molecule has 3 heterocycles. The average Bonchev–Trinajstić information content (AvgIpc) is 2.95. The Morgan fingerprint density at radius 3 is 2.94 bits per heavy atom. The van der Waals surface area contributed by atoms with Crippen LogP contribution in [0.15, 0.2) is 6.20 Å². The predicted octanol–water partition coefficient (Wildman–Crippen LogP) is 3.04. The van der Waals surface area contributed by atoms with Gasteiger partial charge >= 0.3 is 0 Å². The molecule has 1 aliphatic rings. The molecule has 7 heteroatoms. The number of fused-ring (bicyclic) bond motifs is 1. The Morgan fingerprint density at radius 1 is 1.35 bits per heavy atom. The van der Waals surface area contributed by atoms with Crippen molar-refractivity contribution in [3.05, 3.63) is 21.8 Å². The molecule has 0 saturated heterocycles. The second-order valence-corrected chi connectivity index (χ2v) is 6.18. The van der Waals surface area contributed by atoms with E-state index in [1.807, 2.05) is 18.8 Å². The monoisotopic (exact) mass is 284 g/mol. The van der Waals surface area contributed by atoms with Crippen LogP contribution in [0.2, 0.25) is 4.34 Å². The van der Waals surface area contributed by atoms with Crippen LogP contribution >= 0.6 is 34.7 Å². The van der Waals surface area contributed by atoms with E-state index in [-0.39, 0.29) is 0 Å². The molecule has 2 aromatic heterocycles. The van der Waals surface area contributed by atoms with E-state index in [1.54, 1.807) is 6.20 Å². The van der Waals surface area contributed by atoms with Gasteiger partial charge in [-0.05, 0) is 0 Å². The lowest BCUT2D eigenvalue weighted by atomic mass is 10.2. The van der Waals surface area contributed by atoms with Gasteiger partial charge in [0.25, 0.3) is 0 Å². The summed E-state index contributed by atoms with van der Waals surface area (Å²) in [5, 5.41) is 3.89. The van der Waals surface area contributed by atoms with E-state index in [0.717, 1.165) is 28.0 Å². The molecule has 0 aliphatic carbocycles. The molecule has 0 aromatic carbocycles. The van der Waals surface area contributed by atoms with Crippen LogP contribution in [-0.4, -0.2) is 22.0 Å². The third-order valence-electron chi connectivity index (χ3n) is 2.48. The number of aromatic nitrogens is 3. The third-order valence-corrected chi connectivity index (χ3v) is 4.56. The number of nitrogens with one attached hydrogen (secondary N) is 1. The Hall–Kier alpha value is -0.850.